The second-order valence-electron chi connectivity index (χ2n) is 3.89. The zero-order chi connectivity index (χ0) is 10.8. The number of rotatable bonds is 1. The summed E-state index contributed by atoms with van der Waals surface area (Å²) in [6.45, 7) is 0. The zero-order valence-corrected chi connectivity index (χ0v) is 11.9. The number of hydrogen-bond donors (Lipinski definition) is 0. The maximum absolute atomic E-state index is 2.18. The van der Waals surface area contributed by atoms with Crippen LogP contribution >= 0.6 is 0 Å². The summed E-state index contributed by atoms with van der Waals surface area (Å²) in [5.41, 5.74) is 2.58. The Balaban J connectivity index is 0.000000810. The van der Waals surface area contributed by atoms with Crippen molar-refractivity contribution in [2.24, 2.45) is 0 Å². The molecule has 78 valence electrons. The maximum atomic E-state index is 2.18. The van der Waals surface area contributed by atoms with E-state index >= 15 is 0 Å². The Morgan fingerprint density at radius 1 is 0.588 bits per heavy atom. The third-order valence-electron chi connectivity index (χ3n) is 2.87. The molecule has 0 saturated heterocycles. The second-order valence-corrected chi connectivity index (χ2v) is 3.89. The van der Waals surface area contributed by atoms with Crippen molar-refractivity contribution in [2.75, 3.05) is 0 Å². The monoisotopic (exact) mass is 228 g/mol. The molecule has 0 heterocycles. The Labute approximate surface area is 125 Å². The summed E-state index contributed by atoms with van der Waals surface area (Å²) in [4.78, 5) is 0. The Kier molecular flexibility index (Phi) is 4.01. The Morgan fingerprint density at radius 2 is 1.24 bits per heavy atom. The number of fused-ring (bicyclic) bond motifs is 1. The molecule has 0 spiro atoms. The van der Waals surface area contributed by atoms with Crippen molar-refractivity contribution in [1.29, 1.82) is 0 Å². The summed E-state index contributed by atoms with van der Waals surface area (Å²) in [6, 6.07) is 25.5. The van der Waals surface area contributed by atoms with Gasteiger partial charge in [0.15, 0.2) is 0 Å². The van der Waals surface area contributed by atoms with Crippen LogP contribution in [-0.2, 0) is 0 Å². The van der Waals surface area contributed by atoms with Crippen LogP contribution in [0.4, 0.5) is 0 Å². The van der Waals surface area contributed by atoms with Crippen molar-refractivity contribution in [3.8, 4) is 11.1 Å². The van der Waals surface area contributed by atoms with Gasteiger partial charge in [-0.3, -0.25) is 0 Å². The van der Waals surface area contributed by atoms with Gasteiger partial charge < -0.3 is 1.43 Å². The first-order valence-corrected chi connectivity index (χ1v) is 5.48. The third-order valence-corrected chi connectivity index (χ3v) is 2.87. The van der Waals surface area contributed by atoms with Crippen molar-refractivity contribution in [3.05, 3.63) is 72.8 Å². The molecule has 0 radical (unpaired) electrons. The molecule has 3 aromatic carbocycles. The molecule has 0 aromatic heterocycles. The molecule has 0 fully saturated rings. The van der Waals surface area contributed by atoms with Crippen LogP contribution in [0.15, 0.2) is 72.8 Å². The van der Waals surface area contributed by atoms with Crippen LogP contribution in [0.25, 0.3) is 21.9 Å². The average Bonchev–Trinajstić information content (AvgIpc) is 2.39. The van der Waals surface area contributed by atoms with Crippen molar-refractivity contribution in [2.45, 2.75) is 0 Å². The Morgan fingerprint density at radius 3 is 2.06 bits per heavy atom. The topological polar surface area (TPSA) is 0 Å². The van der Waals surface area contributed by atoms with Crippen LogP contribution < -0.4 is 29.6 Å². The minimum atomic E-state index is 0. The van der Waals surface area contributed by atoms with Gasteiger partial charge in [-0.25, -0.2) is 0 Å². The van der Waals surface area contributed by atoms with E-state index < -0.39 is 0 Å². The molecule has 0 aliphatic heterocycles. The quantitative estimate of drug-likeness (QED) is 0.555. The molecule has 0 atom stereocenters. The van der Waals surface area contributed by atoms with Gasteiger partial charge in [-0.15, -0.1) is 0 Å². The van der Waals surface area contributed by atoms with Gasteiger partial charge in [0.05, 0.1) is 0 Å². The predicted octanol–water partition coefficient (Wildman–Crippen LogP) is 1.62. The smallest absolute Gasteiger partial charge is 1.00 e. The summed E-state index contributed by atoms with van der Waals surface area (Å²) in [5, 5.41) is 2.61. The molecule has 0 N–H and O–H groups in total. The van der Waals surface area contributed by atoms with E-state index in [-0.39, 0.29) is 31.0 Å². The Bertz CT molecular complexity index is 615. The Hall–Kier alpha value is -1.08. The standard InChI is InChI=1S/C16H12.Na.H/c1-2-7-13(8-3-1)16-12-6-10-14-9-4-5-11-15(14)16;;/h1-12H;;/q;+1;-1. The fourth-order valence-corrected chi connectivity index (χ4v) is 2.09. The average molecular weight is 228 g/mol. The van der Waals surface area contributed by atoms with E-state index in [4.69, 9.17) is 0 Å². The predicted molar refractivity (Wildman–Crippen MR) is 70.5 cm³/mol. The molecule has 0 nitrogen and oxygen atoms in total. The first-order chi connectivity index (χ1) is 7.95. The molecule has 1 heteroatoms. The van der Waals surface area contributed by atoms with Gasteiger partial charge in [-0.2, -0.15) is 0 Å². The van der Waals surface area contributed by atoms with Gasteiger partial charge in [-0.1, -0.05) is 72.8 Å². The van der Waals surface area contributed by atoms with E-state index in [1.54, 1.807) is 0 Å². The van der Waals surface area contributed by atoms with Crippen LogP contribution in [0.2, 0.25) is 0 Å². The molecule has 0 aliphatic carbocycles. The minimum absolute atomic E-state index is 0. The molecule has 3 aromatic rings. The molecular weight excluding hydrogens is 215 g/mol. The van der Waals surface area contributed by atoms with Gasteiger partial charge >= 0.3 is 29.6 Å². The summed E-state index contributed by atoms with van der Waals surface area (Å²) in [7, 11) is 0. The van der Waals surface area contributed by atoms with Crippen LogP contribution in [-0.4, -0.2) is 0 Å². The molecule has 17 heavy (non-hydrogen) atoms. The minimum Gasteiger partial charge on any atom is -1.00 e. The van der Waals surface area contributed by atoms with Crippen molar-refractivity contribution < 1.29 is 31.0 Å². The first kappa shape index (κ1) is 12.4. The molecule has 3 rings (SSSR count). The number of hydrogen-bond acceptors (Lipinski definition) is 0. The number of benzene rings is 3. The van der Waals surface area contributed by atoms with Gasteiger partial charge in [0, 0.05) is 0 Å². The van der Waals surface area contributed by atoms with Gasteiger partial charge in [0.25, 0.3) is 0 Å². The zero-order valence-electron chi connectivity index (χ0n) is 10.9. The van der Waals surface area contributed by atoms with Gasteiger partial charge in [0.2, 0.25) is 0 Å². The van der Waals surface area contributed by atoms with E-state index in [0.29, 0.717) is 0 Å². The summed E-state index contributed by atoms with van der Waals surface area (Å²) in [6.07, 6.45) is 0. The van der Waals surface area contributed by atoms with E-state index in [0.717, 1.165) is 0 Å². The van der Waals surface area contributed by atoms with E-state index in [2.05, 4.69) is 72.8 Å². The molecule has 0 amide bonds. The first-order valence-electron chi connectivity index (χ1n) is 5.48. The van der Waals surface area contributed by atoms with Crippen LogP contribution in [0.1, 0.15) is 1.43 Å². The van der Waals surface area contributed by atoms with Crippen LogP contribution in [0, 0.1) is 0 Å². The normalized spacial score (nSPS) is 9.88. The van der Waals surface area contributed by atoms with Crippen molar-refractivity contribution >= 4 is 10.8 Å². The van der Waals surface area contributed by atoms with Crippen molar-refractivity contribution in [3.63, 3.8) is 0 Å². The fourth-order valence-electron chi connectivity index (χ4n) is 2.09. The largest absolute Gasteiger partial charge is 1.00 e. The SMILES string of the molecule is [H-].[Na+].c1ccc(-c2cccc3ccccc23)cc1. The summed E-state index contributed by atoms with van der Waals surface area (Å²) < 4.78 is 0. The third kappa shape index (κ3) is 2.44. The van der Waals surface area contributed by atoms with Crippen LogP contribution in [0.3, 0.4) is 0 Å². The van der Waals surface area contributed by atoms with Crippen molar-refractivity contribution in [1.82, 2.24) is 0 Å². The van der Waals surface area contributed by atoms with Crippen LogP contribution in [0.5, 0.6) is 0 Å². The molecule has 0 bridgehead atoms. The maximum Gasteiger partial charge on any atom is 1.00 e. The van der Waals surface area contributed by atoms with E-state index in [1.807, 2.05) is 0 Å². The molecule has 0 saturated carbocycles. The van der Waals surface area contributed by atoms with E-state index in [9.17, 15) is 0 Å². The summed E-state index contributed by atoms with van der Waals surface area (Å²) >= 11 is 0. The molecule has 0 aliphatic rings. The summed E-state index contributed by atoms with van der Waals surface area (Å²) in [5.74, 6) is 0. The second kappa shape index (κ2) is 5.50. The molecular formula is C16H13Na. The molecule has 0 unspecified atom stereocenters. The van der Waals surface area contributed by atoms with E-state index in [1.165, 1.54) is 21.9 Å². The fraction of sp³-hybridized carbons (Fsp3) is 0. The van der Waals surface area contributed by atoms with Gasteiger partial charge in [0.1, 0.15) is 0 Å². The van der Waals surface area contributed by atoms with Gasteiger partial charge in [-0.05, 0) is 21.9 Å².